The second-order valence-electron chi connectivity index (χ2n) is 9.94. The molecule has 0 aliphatic carbocycles. The molecule has 4 atom stereocenters. The molecule has 17 heteroatoms. The van der Waals surface area contributed by atoms with Crippen molar-refractivity contribution in [3.8, 4) is 0 Å². The van der Waals surface area contributed by atoms with Gasteiger partial charge in [0.15, 0.2) is 11.9 Å². The van der Waals surface area contributed by atoms with Crippen LogP contribution in [0.2, 0.25) is 0 Å². The summed E-state index contributed by atoms with van der Waals surface area (Å²) in [6, 6.07) is -4.38. The van der Waals surface area contributed by atoms with E-state index in [1.807, 2.05) is 13.8 Å². The van der Waals surface area contributed by atoms with Crippen molar-refractivity contribution in [2.24, 2.45) is 44.6 Å². The number of aliphatic carboxylic acids is 1. The number of carboxylic acid groups (broad SMARTS) is 1. The van der Waals surface area contributed by atoms with Gasteiger partial charge in [0.25, 0.3) is 0 Å². The molecule has 3 amide bonds. The van der Waals surface area contributed by atoms with E-state index in [4.69, 9.17) is 28.7 Å². The fraction of sp³-hybridized carbons (Fsp3) is 0.625. The van der Waals surface area contributed by atoms with E-state index in [9.17, 15) is 24.3 Å². The van der Waals surface area contributed by atoms with Crippen LogP contribution in [-0.4, -0.2) is 87.9 Å². The number of hydrogen-bond donors (Lipinski definition) is 10. The van der Waals surface area contributed by atoms with E-state index < -0.39 is 47.9 Å². The molecule has 1 aromatic heterocycles. The molecule has 1 aromatic rings. The number of hydrogen-bond acceptors (Lipinski definition) is 8. The number of carboxylic acids is 1. The summed E-state index contributed by atoms with van der Waals surface area (Å²) in [4.78, 5) is 65.6. The molecule has 15 N–H and O–H groups in total. The van der Waals surface area contributed by atoms with Crippen molar-refractivity contribution in [1.82, 2.24) is 25.9 Å². The predicted octanol–water partition coefficient (Wildman–Crippen LogP) is -3.03. The molecule has 1 rings (SSSR count). The minimum Gasteiger partial charge on any atom is -0.480 e. The van der Waals surface area contributed by atoms with Gasteiger partial charge in [0.1, 0.15) is 18.1 Å². The quantitative estimate of drug-likeness (QED) is 0.0445. The fourth-order valence-electron chi connectivity index (χ4n) is 3.76. The van der Waals surface area contributed by atoms with Crippen molar-refractivity contribution in [3.05, 3.63) is 18.2 Å². The van der Waals surface area contributed by atoms with E-state index in [1.54, 1.807) is 0 Å². The Labute approximate surface area is 238 Å². The third kappa shape index (κ3) is 14.5. The standard InChI is InChI=1S/C24H44N12O5/c1-13(2)9-18(22(40)41)36-21(39)17(10-14-11-30-12-33-14)35-20(38)16(6-4-8-32-24(28)29)34-19(37)15(25)5-3-7-31-23(26)27/h11-13,15-18H,3-10,25H2,1-2H3,(H,30,33)(H,34,37)(H,35,38)(H,36,39)(H,40,41)(H4,26,27,31)(H4,28,29,32). The van der Waals surface area contributed by atoms with Gasteiger partial charge in [-0.1, -0.05) is 13.8 Å². The summed E-state index contributed by atoms with van der Waals surface area (Å²) in [5, 5.41) is 17.3. The van der Waals surface area contributed by atoms with Gasteiger partial charge in [-0.3, -0.25) is 24.4 Å². The second kappa shape index (κ2) is 18.0. The average molecular weight is 581 g/mol. The van der Waals surface area contributed by atoms with Crippen molar-refractivity contribution < 1.29 is 24.3 Å². The minimum absolute atomic E-state index is 0.00877. The van der Waals surface area contributed by atoms with Crippen LogP contribution in [0.25, 0.3) is 0 Å². The molecule has 0 aliphatic rings. The van der Waals surface area contributed by atoms with Crippen LogP contribution in [-0.2, 0) is 25.6 Å². The zero-order valence-corrected chi connectivity index (χ0v) is 23.5. The van der Waals surface area contributed by atoms with Crippen LogP contribution in [0.1, 0.15) is 51.6 Å². The van der Waals surface area contributed by atoms with Gasteiger partial charge in [0.05, 0.1) is 12.4 Å². The molecule has 1 heterocycles. The fourth-order valence-corrected chi connectivity index (χ4v) is 3.76. The van der Waals surface area contributed by atoms with E-state index in [2.05, 4.69) is 35.9 Å². The molecule has 0 aliphatic heterocycles. The highest BCUT2D eigenvalue weighted by molar-refractivity contribution is 5.94. The Bertz CT molecular complexity index is 1040. The van der Waals surface area contributed by atoms with Gasteiger partial charge in [-0.05, 0) is 38.0 Å². The predicted molar refractivity (Wildman–Crippen MR) is 153 cm³/mol. The van der Waals surface area contributed by atoms with Crippen LogP contribution in [0.5, 0.6) is 0 Å². The maximum absolute atomic E-state index is 13.4. The number of H-pyrrole nitrogens is 1. The van der Waals surface area contributed by atoms with E-state index in [-0.39, 0.29) is 56.6 Å². The number of nitrogens with zero attached hydrogens (tertiary/aromatic N) is 3. The number of nitrogens with one attached hydrogen (secondary N) is 4. The summed E-state index contributed by atoms with van der Waals surface area (Å²) < 4.78 is 0. The number of carbonyl (C=O) groups is 4. The Hall–Kier alpha value is -4.41. The molecule has 0 saturated carbocycles. The monoisotopic (exact) mass is 580 g/mol. The van der Waals surface area contributed by atoms with Gasteiger partial charge in [0.2, 0.25) is 17.7 Å². The van der Waals surface area contributed by atoms with Gasteiger partial charge < -0.3 is 54.7 Å². The van der Waals surface area contributed by atoms with Crippen LogP contribution < -0.4 is 44.6 Å². The number of imidazole rings is 1. The van der Waals surface area contributed by atoms with Crippen LogP contribution in [0.4, 0.5) is 0 Å². The molecular formula is C24H44N12O5. The Balaban J connectivity index is 3.06. The molecule has 4 unspecified atom stereocenters. The van der Waals surface area contributed by atoms with E-state index >= 15 is 0 Å². The molecular weight excluding hydrogens is 536 g/mol. The molecule has 0 saturated heterocycles. The lowest BCUT2D eigenvalue weighted by Gasteiger charge is -2.25. The van der Waals surface area contributed by atoms with Crippen LogP contribution in [0.3, 0.4) is 0 Å². The molecule has 230 valence electrons. The highest BCUT2D eigenvalue weighted by atomic mass is 16.4. The highest BCUT2D eigenvalue weighted by Gasteiger charge is 2.31. The number of nitrogens with two attached hydrogens (primary N) is 5. The summed E-state index contributed by atoms with van der Waals surface area (Å²) in [6.07, 6.45) is 4.20. The largest absolute Gasteiger partial charge is 0.480 e. The topological polar surface area (TPSA) is 308 Å². The van der Waals surface area contributed by atoms with Crippen LogP contribution in [0, 0.1) is 5.92 Å². The molecule has 0 spiro atoms. The third-order valence-electron chi connectivity index (χ3n) is 5.82. The van der Waals surface area contributed by atoms with Gasteiger partial charge in [-0.2, -0.15) is 0 Å². The smallest absolute Gasteiger partial charge is 0.326 e. The van der Waals surface area contributed by atoms with E-state index in [0.717, 1.165) is 0 Å². The lowest BCUT2D eigenvalue weighted by atomic mass is 10.0. The SMILES string of the molecule is CC(C)CC(NC(=O)C(Cc1cnc[nH]1)NC(=O)C(CCCN=C(N)N)NC(=O)C(N)CCCN=C(N)N)C(=O)O. The van der Waals surface area contributed by atoms with Gasteiger partial charge in [-0.25, -0.2) is 9.78 Å². The van der Waals surface area contributed by atoms with Crippen LogP contribution >= 0.6 is 0 Å². The Morgan fingerprint density at radius 1 is 0.878 bits per heavy atom. The number of aromatic nitrogens is 2. The first-order valence-corrected chi connectivity index (χ1v) is 13.3. The zero-order valence-electron chi connectivity index (χ0n) is 23.5. The molecule has 0 bridgehead atoms. The Kier molecular flexibility index (Phi) is 15.2. The Morgan fingerprint density at radius 3 is 1.93 bits per heavy atom. The first-order chi connectivity index (χ1) is 19.3. The number of aliphatic imine (C=N–C) groups is 2. The Morgan fingerprint density at radius 2 is 1.41 bits per heavy atom. The van der Waals surface area contributed by atoms with Crippen molar-refractivity contribution >= 4 is 35.6 Å². The van der Waals surface area contributed by atoms with Crippen molar-refractivity contribution in [1.29, 1.82) is 0 Å². The highest BCUT2D eigenvalue weighted by Crippen LogP contribution is 2.08. The van der Waals surface area contributed by atoms with Gasteiger partial charge in [0, 0.05) is 31.4 Å². The number of guanidine groups is 2. The molecule has 41 heavy (non-hydrogen) atoms. The zero-order chi connectivity index (χ0) is 30.9. The van der Waals surface area contributed by atoms with Crippen molar-refractivity contribution in [3.63, 3.8) is 0 Å². The maximum atomic E-state index is 13.4. The number of rotatable bonds is 19. The first-order valence-electron chi connectivity index (χ1n) is 13.3. The van der Waals surface area contributed by atoms with Crippen molar-refractivity contribution in [2.75, 3.05) is 13.1 Å². The lowest BCUT2D eigenvalue weighted by molar-refractivity contribution is -0.142. The van der Waals surface area contributed by atoms with Crippen molar-refractivity contribution in [2.45, 2.75) is 76.5 Å². The maximum Gasteiger partial charge on any atom is 0.326 e. The third-order valence-corrected chi connectivity index (χ3v) is 5.82. The van der Waals surface area contributed by atoms with Gasteiger partial charge in [-0.15, -0.1) is 0 Å². The molecule has 0 radical (unpaired) electrons. The summed E-state index contributed by atoms with van der Waals surface area (Å²) in [5.74, 6) is -3.37. The molecule has 0 fully saturated rings. The van der Waals surface area contributed by atoms with Gasteiger partial charge >= 0.3 is 5.97 Å². The first kappa shape index (κ1) is 34.6. The average Bonchev–Trinajstić information content (AvgIpc) is 3.39. The molecule has 17 nitrogen and oxygen atoms in total. The number of amides is 3. The van der Waals surface area contributed by atoms with Crippen LogP contribution in [0.15, 0.2) is 22.5 Å². The lowest BCUT2D eigenvalue weighted by Crippen LogP contribution is -2.57. The minimum atomic E-state index is -1.20. The normalized spacial score (nSPS) is 13.8. The summed E-state index contributed by atoms with van der Waals surface area (Å²) >= 11 is 0. The number of carbonyl (C=O) groups excluding carboxylic acids is 3. The van der Waals surface area contributed by atoms with E-state index in [1.165, 1.54) is 12.5 Å². The molecule has 0 aromatic carbocycles. The van der Waals surface area contributed by atoms with E-state index in [0.29, 0.717) is 18.5 Å². The summed E-state index contributed by atoms with van der Waals surface area (Å²) in [7, 11) is 0. The summed E-state index contributed by atoms with van der Waals surface area (Å²) in [5.41, 5.74) is 27.8. The number of aromatic amines is 1. The second-order valence-corrected chi connectivity index (χ2v) is 9.94. The summed E-state index contributed by atoms with van der Waals surface area (Å²) in [6.45, 7) is 4.13.